The number of hydrogen-bond donors (Lipinski definition) is 1. The predicted molar refractivity (Wildman–Crippen MR) is 101 cm³/mol. The molecule has 2 atom stereocenters. The second-order valence-corrected chi connectivity index (χ2v) is 8.21. The topological polar surface area (TPSA) is 69.8 Å². The fraction of sp³-hybridized carbons (Fsp3) is 0.524. The lowest BCUT2D eigenvalue weighted by atomic mass is 9.76. The van der Waals surface area contributed by atoms with Crippen LogP contribution in [-0.4, -0.2) is 58.8 Å². The molecular formula is C21H27N3O3. The van der Waals surface area contributed by atoms with Gasteiger partial charge in [0.25, 0.3) is 0 Å². The molecule has 1 aromatic carbocycles. The quantitative estimate of drug-likeness (QED) is 0.808. The van der Waals surface area contributed by atoms with E-state index in [0.717, 1.165) is 57.0 Å². The van der Waals surface area contributed by atoms with E-state index in [1.807, 2.05) is 19.1 Å². The van der Waals surface area contributed by atoms with Crippen LogP contribution in [0.25, 0.3) is 0 Å². The first-order chi connectivity index (χ1) is 13.0. The summed E-state index contributed by atoms with van der Waals surface area (Å²) in [6.45, 7) is 6.58. The summed E-state index contributed by atoms with van der Waals surface area (Å²) < 4.78 is 5.40. The van der Waals surface area contributed by atoms with E-state index < -0.39 is 5.97 Å². The summed E-state index contributed by atoms with van der Waals surface area (Å²) in [5.41, 5.74) is 2.42. The van der Waals surface area contributed by atoms with Gasteiger partial charge in [0.15, 0.2) is 5.76 Å². The molecule has 144 valence electrons. The third-order valence-corrected chi connectivity index (χ3v) is 6.07. The van der Waals surface area contributed by atoms with Gasteiger partial charge in [-0.15, -0.1) is 0 Å². The van der Waals surface area contributed by atoms with Crippen LogP contribution in [0.4, 0.5) is 0 Å². The molecule has 0 bridgehead atoms. The molecule has 0 amide bonds. The Morgan fingerprint density at radius 3 is 2.70 bits per heavy atom. The van der Waals surface area contributed by atoms with E-state index >= 15 is 0 Å². The Kier molecular flexibility index (Phi) is 5.02. The first-order valence-electron chi connectivity index (χ1n) is 9.65. The van der Waals surface area contributed by atoms with Gasteiger partial charge >= 0.3 is 5.97 Å². The molecule has 1 aromatic heterocycles. The Labute approximate surface area is 159 Å². The number of hydrogen-bond acceptors (Lipinski definition) is 5. The van der Waals surface area contributed by atoms with Gasteiger partial charge in [-0.05, 0) is 31.2 Å². The minimum absolute atomic E-state index is 0.144. The lowest BCUT2D eigenvalue weighted by Crippen LogP contribution is -2.36. The first kappa shape index (κ1) is 18.2. The third kappa shape index (κ3) is 4.06. The maximum Gasteiger partial charge on any atom is 0.317 e. The van der Waals surface area contributed by atoms with E-state index in [1.54, 1.807) is 0 Å². The van der Waals surface area contributed by atoms with Crippen LogP contribution < -0.4 is 0 Å². The number of aliphatic carboxylic acids is 1. The molecule has 2 aromatic rings. The second kappa shape index (κ2) is 7.44. The van der Waals surface area contributed by atoms with Gasteiger partial charge in [0.1, 0.15) is 0 Å². The van der Waals surface area contributed by atoms with Crippen molar-refractivity contribution in [1.82, 2.24) is 15.0 Å². The van der Waals surface area contributed by atoms with Crippen molar-refractivity contribution in [3.8, 4) is 0 Å². The van der Waals surface area contributed by atoms with Crippen LogP contribution in [0.2, 0.25) is 0 Å². The maximum absolute atomic E-state index is 11.2. The Bertz CT molecular complexity index is 791. The molecule has 27 heavy (non-hydrogen) atoms. The number of carboxylic acid groups (broad SMARTS) is 1. The van der Waals surface area contributed by atoms with E-state index in [4.69, 9.17) is 4.52 Å². The molecule has 0 aliphatic carbocycles. The van der Waals surface area contributed by atoms with E-state index in [9.17, 15) is 9.90 Å². The molecule has 1 N–H and O–H groups in total. The van der Waals surface area contributed by atoms with E-state index in [2.05, 4.69) is 39.2 Å². The number of rotatable bonds is 7. The normalized spacial score (nSPS) is 25.7. The SMILES string of the molecule is Cc1cc(CN2CC3CN(CC(=O)O)CC3(CCc3ccccc3)C2)on1. The molecule has 2 saturated heterocycles. The van der Waals surface area contributed by atoms with Crippen molar-refractivity contribution in [2.24, 2.45) is 11.3 Å². The maximum atomic E-state index is 11.2. The van der Waals surface area contributed by atoms with Crippen molar-refractivity contribution in [2.75, 3.05) is 32.7 Å². The first-order valence-corrected chi connectivity index (χ1v) is 9.65. The van der Waals surface area contributed by atoms with E-state index in [1.165, 1.54) is 5.56 Å². The Hall–Kier alpha value is -2.18. The van der Waals surface area contributed by atoms with Gasteiger partial charge in [-0.1, -0.05) is 35.5 Å². The van der Waals surface area contributed by atoms with E-state index in [-0.39, 0.29) is 12.0 Å². The summed E-state index contributed by atoms with van der Waals surface area (Å²) >= 11 is 0. The van der Waals surface area contributed by atoms with Crippen molar-refractivity contribution in [2.45, 2.75) is 26.3 Å². The largest absolute Gasteiger partial charge is 0.480 e. The molecule has 2 fully saturated rings. The minimum atomic E-state index is -0.734. The van der Waals surface area contributed by atoms with Crippen molar-refractivity contribution >= 4 is 5.97 Å². The van der Waals surface area contributed by atoms with Gasteiger partial charge < -0.3 is 9.63 Å². The summed E-state index contributed by atoms with van der Waals surface area (Å²) in [4.78, 5) is 15.8. The molecule has 0 radical (unpaired) electrons. The molecule has 2 unspecified atom stereocenters. The minimum Gasteiger partial charge on any atom is -0.480 e. The molecule has 4 rings (SSSR count). The number of fused-ring (bicyclic) bond motifs is 1. The highest BCUT2D eigenvalue weighted by Gasteiger charge is 2.51. The number of nitrogens with zero attached hydrogens (tertiary/aromatic N) is 3. The fourth-order valence-corrected chi connectivity index (χ4v) is 4.94. The monoisotopic (exact) mass is 369 g/mol. The zero-order valence-electron chi connectivity index (χ0n) is 15.8. The van der Waals surface area contributed by atoms with Crippen LogP contribution in [0.5, 0.6) is 0 Å². The lowest BCUT2D eigenvalue weighted by molar-refractivity contribution is -0.138. The van der Waals surface area contributed by atoms with Crippen molar-refractivity contribution in [1.29, 1.82) is 0 Å². The predicted octanol–water partition coefficient (Wildman–Crippen LogP) is 2.43. The molecular weight excluding hydrogens is 342 g/mol. The summed E-state index contributed by atoms with van der Waals surface area (Å²) in [5, 5.41) is 13.2. The number of benzene rings is 1. The van der Waals surface area contributed by atoms with Gasteiger partial charge in [-0.3, -0.25) is 14.6 Å². The summed E-state index contributed by atoms with van der Waals surface area (Å²) in [5.74, 6) is 0.680. The summed E-state index contributed by atoms with van der Waals surface area (Å²) in [7, 11) is 0. The molecule has 0 spiro atoms. The van der Waals surface area contributed by atoms with Crippen molar-refractivity contribution < 1.29 is 14.4 Å². The van der Waals surface area contributed by atoms with Gasteiger partial charge in [-0.25, -0.2) is 0 Å². The molecule has 0 saturated carbocycles. The van der Waals surface area contributed by atoms with E-state index in [0.29, 0.717) is 5.92 Å². The highest BCUT2D eigenvalue weighted by atomic mass is 16.5. The zero-order valence-corrected chi connectivity index (χ0v) is 15.8. The lowest BCUT2D eigenvalue weighted by Gasteiger charge is -2.29. The van der Waals surface area contributed by atoms with Crippen LogP contribution in [0.1, 0.15) is 23.4 Å². The number of aryl methyl sites for hydroxylation is 2. The summed E-state index contributed by atoms with van der Waals surface area (Å²) in [6.07, 6.45) is 2.12. The van der Waals surface area contributed by atoms with Crippen LogP contribution in [0.15, 0.2) is 40.9 Å². The summed E-state index contributed by atoms with van der Waals surface area (Å²) in [6, 6.07) is 12.6. The number of carbonyl (C=O) groups is 1. The molecule has 2 aliphatic heterocycles. The smallest absolute Gasteiger partial charge is 0.317 e. The highest BCUT2D eigenvalue weighted by Crippen LogP contribution is 2.46. The molecule has 6 heteroatoms. The van der Waals surface area contributed by atoms with Gasteiger partial charge in [0, 0.05) is 37.7 Å². The van der Waals surface area contributed by atoms with Crippen molar-refractivity contribution in [3.63, 3.8) is 0 Å². The third-order valence-electron chi connectivity index (χ3n) is 6.07. The van der Waals surface area contributed by atoms with Gasteiger partial charge in [0.05, 0.1) is 18.8 Å². The number of carboxylic acids is 1. The van der Waals surface area contributed by atoms with Crippen LogP contribution in [0.3, 0.4) is 0 Å². The van der Waals surface area contributed by atoms with Crippen LogP contribution >= 0.6 is 0 Å². The molecule has 3 heterocycles. The number of likely N-dealkylation sites (tertiary alicyclic amines) is 2. The van der Waals surface area contributed by atoms with Crippen molar-refractivity contribution in [3.05, 3.63) is 53.4 Å². The average molecular weight is 369 g/mol. The Balaban J connectivity index is 1.46. The van der Waals surface area contributed by atoms with Crippen LogP contribution in [-0.2, 0) is 17.8 Å². The highest BCUT2D eigenvalue weighted by molar-refractivity contribution is 5.69. The van der Waals surface area contributed by atoms with Crippen LogP contribution in [0, 0.1) is 18.3 Å². The standard InChI is InChI=1S/C21H27N3O3/c1-16-9-19(27-22-16)12-23-10-18-11-24(13-20(25)26)15-21(18,14-23)8-7-17-5-3-2-4-6-17/h2-6,9,18H,7-8,10-15H2,1H3,(H,25,26). The molecule has 2 aliphatic rings. The average Bonchev–Trinajstić information content (AvgIpc) is 3.26. The Morgan fingerprint density at radius 2 is 2.00 bits per heavy atom. The fourth-order valence-electron chi connectivity index (χ4n) is 4.94. The zero-order chi connectivity index (χ0) is 18.9. The Morgan fingerprint density at radius 1 is 1.26 bits per heavy atom. The van der Waals surface area contributed by atoms with Gasteiger partial charge in [-0.2, -0.15) is 0 Å². The van der Waals surface area contributed by atoms with Gasteiger partial charge in [0.2, 0.25) is 0 Å². The molecule has 6 nitrogen and oxygen atoms in total. The number of aromatic nitrogens is 1. The second-order valence-electron chi connectivity index (χ2n) is 8.21.